The summed E-state index contributed by atoms with van der Waals surface area (Å²) < 4.78 is 13.1. The number of benzene rings is 1. The highest BCUT2D eigenvalue weighted by Crippen LogP contribution is 2.55. The number of urea groups is 1. The van der Waals surface area contributed by atoms with Crippen LogP contribution in [0, 0.1) is 23.6 Å². The van der Waals surface area contributed by atoms with Gasteiger partial charge in [-0.3, -0.25) is 4.79 Å². The van der Waals surface area contributed by atoms with Crippen molar-refractivity contribution in [3.05, 3.63) is 30.1 Å². The van der Waals surface area contributed by atoms with E-state index in [2.05, 4.69) is 16.0 Å². The monoisotopic (exact) mass is 345 g/mol. The summed E-state index contributed by atoms with van der Waals surface area (Å²) >= 11 is 0. The predicted octanol–water partition coefficient (Wildman–Crippen LogP) is 3.03. The first-order valence-electron chi connectivity index (χ1n) is 9.11. The summed E-state index contributed by atoms with van der Waals surface area (Å²) in [6.45, 7) is -0.130. The lowest BCUT2D eigenvalue weighted by molar-refractivity contribution is -0.115. The van der Waals surface area contributed by atoms with Crippen LogP contribution in [-0.2, 0) is 4.79 Å². The van der Waals surface area contributed by atoms with Crippen LogP contribution in [0.1, 0.15) is 38.5 Å². The van der Waals surface area contributed by atoms with Crippen LogP contribution in [0.3, 0.4) is 0 Å². The first-order valence-corrected chi connectivity index (χ1v) is 9.11. The minimum Gasteiger partial charge on any atom is -0.333 e. The van der Waals surface area contributed by atoms with Crippen LogP contribution in [0.2, 0.25) is 0 Å². The molecule has 0 radical (unpaired) electrons. The number of amides is 3. The molecule has 5 nitrogen and oxygen atoms in total. The van der Waals surface area contributed by atoms with Crippen molar-refractivity contribution in [2.24, 2.45) is 17.8 Å². The van der Waals surface area contributed by atoms with Gasteiger partial charge in [0.15, 0.2) is 0 Å². The van der Waals surface area contributed by atoms with Crippen LogP contribution in [-0.4, -0.2) is 24.0 Å². The van der Waals surface area contributed by atoms with E-state index in [9.17, 15) is 14.0 Å². The van der Waals surface area contributed by atoms with Gasteiger partial charge in [0.25, 0.3) is 0 Å². The zero-order chi connectivity index (χ0) is 17.4. The van der Waals surface area contributed by atoms with Crippen LogP contribution in [0.25, 0.3) is 0 Å². The van der Waals surface area contributed by atoms with E-state index >= 15 is 0 Å². The molecule has 4 bridgehead atoms. The Morgan fingerprint density at radius 3 is 2.32 bits per heavy atom. The minimum atomic E-state index is -0.412. The molecule has 0 unspecified atom stereocenters. The van der Waals surface area contributed by atoms with Gasteiger partial charge in [-0.15, -0.1) is 0 Å². The first kappa shape index (κ1) is 16.4. The number of carbonyl (C=O) groups excluding carboxylic acids is 2. The molecule has 3 amide bonds. The third-order valence-electron chi connectivity index (χ3n) is 5.93. The highest BCUT2D eigenvalue weighted by molar-refractivity contribution is 5.94. The van der Waals surface area contributed by atoms with Crippen molar-refractivity contribution < 1.29 is 14.0 Å². The molecule has 0 aliphatic heterocycles. The van der Waals surface area contributed by atoms with E-state index in [4.69, 9.17) is 0 Å². The zero-order valence-corrected chi connectivity index (χ0v) is 14.2. The fourth-order valence-corrected chi connectivity index (χ4v) is 5.48. The maximum atomic E-state index is 13.1. The van der Waals surface area contributed by atoms with E-state index in [1.54, 1.807) is 6.07 Å². The SMILES string of the molecule is O=C(CNC(=O)NC12CC3CC(CC(C3)C1)C2)Nc1cccc(F)c1. The Labute approximate surface area is 146 Å². The van der Waals surface area contributed by atoms with Crippen LogP contribution >= 0.6 is 0 Å². The molecule has 4 saturated carbocycles. The summed E-state index contributed by atoms with van der Waals surface area (Å²) in [4.78, 5) is 24.2. The van der Waals surface area contributed by atoms with Crippen molar-refractivity contribution in [3.63, 3.8) is 0 Å². The summed E-state index contributed by atoms with van der Waals surface area (Å²) in [6.07, 6.45) is 7.17. The average Bonchev–Trinajstić information content (AvgIpc) is 2.51. The number of hydrogen-bond donors (Lipinski definition) is 3. The third-order valence-corrected chi connectivity index (χ3v) is 5.93. The van der Waals surface area contributed by atoms with Crippen LogP contribution in [0.5, 0.6) is 0 Å². The Kier molecular flexibility index (Phi) is 4.13. The number of nitrogens with one attached hydrogen (secondary N) is 3. The molecule has 0 heterocycles. The van der Waals surface area contributed by atoms with Crippen molar-refractivity contribution >= 4 is 17.6 Å². The summed E-state index contributed by atoms with van der Waals surface area (Å²) in [5, 5.41) is 8.38. The topological polar surface area (TPSA) is 70.2 Å². The fraction of sp³-hybridized carbons (Fsp3) is 0.579. The second-order valence-electron chi connectivity index (χ2n) is 8.06. The maximum absolute atomic E-state index is 13.1. The largest absolute Gasteiger partial charge is 0.333 e. The lowest BCUT2D eigenvalue weighted by Gasteiger charge is -2.56. The Morgan fingerprint density at radius 1 is 1.08 bits per heavy atom. The van der Waals surface area contributed by atoms with Gasteiger partial charge >= 0.3 is 6.03 Å². The molecule has 0 saturated heterocycles. The lowest BCUT2D eigenvalue weighted by Crippen LogP contribution is -2.61. The van der Waals surface area contributed by atoms with Crippen LogP contribution in [0.4, 0.5) is 14.9 Å². The Hall–Kier alpha value is -2.11. The molecule has 3 N–H and O–H groups in total. The summed E-state index contributed by atoms with van der Waals surface area (Å²) in [6, 6.07) is 5.41. The fourth-order valence-electron chi connectivity index (χ4n) is 5.48. The molecule has 0 aromatic heterocycles. The lowest BCUT2D eigenvalue weighted by atomic mass is 9.53. The molecule has 0 spiro atoms. The molecule has 25 heavy (non-hydrogen) atoms. The van der Waals surface area contributed by atoms with Gasteiger partial charge in [0.1, 0.15) is 5.82 Å². The van der Waals surface area contributed by atoms with Gasteiger partial charge in [0.05, 0.1) is 6.54 Å². The van der Waals surface area contributed by atoms with E-state index in [-0.39, 0.29) is 24.0 Å². The molecular formula is C19H24FN3O2. The predicted molar refractivity (Wildman–Crippen MR) is 92.5 cm³/mol. The molecule has 5 rings (SSSR count). The second-order valence-corrected chi connectivity index (χ2v) is 8.06. The summed E-state index contributed by atoms with van der Waals surface area (Å²) in [5.74, 6) is 1.48. The van der Waals surface area contributed by atoms with Gasteiger partial charge in [0, 0.05) is 11.2 Å². The minimum absolute atomic E-state index is 0.0716. The maximum Gasteiger partial charge on any atom is 0.315 e. The van der Waals surface area contributed by atoms with E-state index in [1.807, 2.05) is 0 Å². The van der Waals surface area contributed by atoms with Crippen molar-refractivity contribution in [2.45, 2.75) is 44.1 Å². The van der Waals surface area contributed by atoms with Gasteiger partial charge in [0.2, 0.25) is 5.91 Å². The normalized spacial score (nSPS) is 32.3. The summed E-state index contributed by atoms with van der Waals surface area (Å²) in [5.41, 5.74) is 0.311. The molecule has 1 aromatic rings. The number of anilines is 1. The van der Waals surface area contributed by atoms with Crippen LogP contribution in [0.15, 0.2) is 24.3 Å². The van der Waals surface area contributed by atoms with Crippen molar-refractivity contribution in [3.8, 4) is 0 Å². The van der Waals surface area contributed by atoms with E-state index in [0.717, 1.165) is 37.0 Å². The molecule has 0 atom stereocenters. The number of hydrogen-bond acceptors (Lipinski definition) is 2. The average molecular weight is 345 g/mol. The highest BCUT2D eigenvalue weighted by atomic mass is 19.1. The Morgan fingerprint density at radius 2 is 1.72 bits per heavy atom. The van der Waals surface area contributed by atoms with Gasteiger partial charge in [-0.05, 0) is 74.5 Å². The van der Waals surface area contributed by atoms with Gasteiger partial charge in [-0.25, -0.2) is 9.18 Å². The zero-order valence-electron chi connectivity index (χ0n) is 14.2. The van der Waals surface area contributed by atoms with Gasteiger partial charge in [-0.1, -0.05) is 6.07 Å². The molecular weight excluding hydrogens is 321 g/mol. The number of halogens is 1. The molecule has 4 aliphatic rings. The van der Waals surface area contributed by atoms with Crippen LogP contribution < -0.4 is 16.0 Å². The standard InChI is InChI=1S/C19H24FN3O2/c20-15-2-1-3-16(7-15)22-17(24)11-21-18(25)23-19-8-12-4-13(9-19)6-14(5-12)10-19/h1-3,7,12-14H,4-6,8-11H2,(H,22,24)(H2,21,23,25). The summed E-state index contributed by atoms with van der Waals surface area (Å²) in [7, 11) is 0. The van der Waals surface area contributed by atoms with E-state index in [0.29, 0.717) is 5.69 Å². The number of rotatable bonds is 4. The Balaban J connectivity index is 1.27. The molecule has 6 heteroatoms. The van der Waals surface area contributed by atoms with E-state index < -0.39 is 5.82 Å². The third kappa shape index (κ3) is 3.62. The Bertz CT molecular complexity index is 656. The van der Waals surface area contributed by atoms with Crippen molar-refractivity contribution in [1.29, 1.82) is 0 Å². The van der Waals surface area contributed by atoms with Gasteiger partial charge < -0.3 is 16.0 Å². The molecule has 4 fully saturated rings. The van der Waals surface area contributed by atoms with Crippen molar-refractivity contribution in [2.75, 3.05) is 11.9 Å². The smallest absolute Gasteiger partial charge is 0.315 e. The molecule has 4 aliphatic carbocycles. The second kappa shape index (κ2) is 6.32. The highest BCUT2D eigenvalue weighted by Gasteiger charge is 2.51. The first-order chi connectivity index (χ1) is 12.0. The number of carbonyl (C=O) groups is 2. The molecule has 134 valence electrons. The van der Waals surface area contributed by atoms with Crippen molar-refractivity contribution in [1.82, 2.24) is 10.6 Å². The quantitative estimate of drug-likeness (QED) is 0.785. The van der Waals surface area contributed by atoms with Gasteiger partial charge in [-0.2, -0.15) is 0 Å². The van der Waals surface area contributed by atoms with E-state index in [1.165, 1.54) is 37.5 Å². The molecule has 1 aromatic carbocycles.